The van der Waals surface area contributed by atoms with E-state index in [-0.39, 0.29) is 31.2 Å². The number of rotatable bonds is 7. The minimum Gasteiger partial charge on any atom is -0.855 e. The van der Waals surface area contributed by atoms with E-state index < -0.39 is 0 Å². The first-order valence-electron chi connectivity index (χ1n) is 22.5. The molecule has 4 aromatic heterocycles. The summed E-state index contributed by atoms with van der Waals surface area (Å²) in [6.07, 6.45) is 12.1. The number of furan rings is 1. The van der Waals surface area contributed by atoms with Crippen LogP contribution < -0.4 is 0 Å². The summed E-state index contributed by atoms with van der Waals surface area (Å²) in [6.45, 7) is 24.7. The molecule has 5 heterocycles. The van der Waals surface area contributed by atoms with E-state index in [1.807, 2.05) is 87.7 Å². The molecule has 65 heavy (non-hydrogen) atoms. The second kappa shape index (κ2) is 20.6. The monoisotopic (exact) mass is 1040 g/mol. The standard InChI is InChI=1S/C23H24N2O.C22H25N2.C13H12N.Ir/c1-6-8-16(14-23(3,4)5)13-20(24)19-10-7-9-17-18-12-11-15(2)25-22(18)26-21(17)19;1-15-7-9-16(10-8-15)21-23-19-12-11-17(14-22(2,3)4)18-6-5-13-24(21)20(18)19;1-10-3-6-12(7-4-10)13-8-5-11(2)9-14-13;/h6-9,11-13H,14H2,1-5H3;7-9,11-12H,5-6,13-14H2,1-4H3;3-6,8-9H,1-2H3;/q-2;2*-1;/b8-6-,16-13+;;;. The third kappa shape index (κ3) is 12.1. The quantitative estimate of drug-likeness (QED) is 0.0905. The number of imidazole rings is 1. The Morgan fingerprint density at radius 1 is 0.785 bits per heavy atom. The summed E-state index contributed by atoms with van der Waals surface area (Å²) >= 11 is 0. The maximum atomic E-state index is 10.8. The fourth-order valence-electron chi connectivity index (χ4n) is 8.26. The Hall–Kier alpha value is -5.75. The Kier molecular flexibility index (Phi) is 15.4. The van der Waals surface area contributed by atoms with Crippen molar-refractivity contribution < 1.29 is 24.5 Å². The zero-order valence-corrected chi connectivity index (χ0v) is 42.3. The number of aryl methyl sites for hydroxylation is 6. The van der Waals surface area contributed by atoms with Gasteiger partial charge in [0.1, 0.15) is 0 Å². The van der Waals surface area contributed by atoms with Crippen molar-refractivity contribution in [2.24, 2.45) is 10.8 Å². The number of hydrogen-bond donors (Lipinski definition) is 0. The van der Waals surface area contributed by atoms with Crippen LogP contribution in [0, 0.1) is 56.7 Å². The molecule has 1 radical (unpaired) electrons. The van der Waals surface area contributed by atoms with Gasteiger partial charge in [-0.2, -0.15) is 0 Å². The Morgan fingerprint density at radius 2 is 1.49 bits per heavy atom. The van der Waals surface area contributed by atoms with E-state index in [9.17, 15) is 5.41 Å². The van der Waals surface area contributed by atoms with Gasteiger partial charge in [0.25, 0.3) is 0 Å². The zero-order valence-electron chi connectivity index (χ0n) is 39.9. The molecule has 7 heteroatoms. The van der Waals surface area contributed by atoms with Crippen LogP contribution in [0.3, 0.4) is 0 Å². The fraction of sp³-hybridized carbons (Fsp3) is 0.310. The van der Waals surface area contributed by atoms with Crippen molar-refractivity contribution in [3.8, 4) is 22.6 Å². The van der Waals surface area contributed by atoms with Crippen LogP contribution in [-0.2, 0) is 39.5 Å². The van der Waals surface area contributed by atoms with Gasteiger partial charge in [-0.25, -0.2) is 10.7 Å². The average Bonchev–Trinajstić information content (AvgIpc) is 3.81. The van der Waals surface area contributed by atoms with Crippen molar-refractivity contribution in [1.29, 1.82) is 0 Å². The van der Waals surface area contributed by atoms with Crippen LogP contribution in [0.4, 0.5) is 0 Å². The molecule has 0 aliphatic carbocycles. The SMILES string of the molecule is C/C=C\C(=C/C(=[N-])c1[c-]ccc2c1oc1nc(C)ccc12)CC(C)(C)C.Cc1c[c-]c(-c2ccc(C)cn2)cc1.Cc1c[c-]c(-c2nc3ccc(CC(C)(C)C)c4c3n2CCC4)cc1.[Ir]. The Labute approximate surface area is 400 Å². The van der Waals surface area contributed by atoms with E-state index >= 15 is 0 Å². The van der Waals surface area contributed by atoms with Gasteiger partial charge >= 0.3 is 0 Å². The maximum absolute atomic E-state index is 10.8. The molecule has 0 N–H and O–H groups in total. The first-order chi connectivity index (χ1) is 30.5. The van der Waals surface area contributed by atoms with Crippen LogP contribution in [0.5, 0.6) is 0 Å². The van der Waals surface area contributed by atoms with E-state index in [2.05, 4.69) is 131 Å². The van der Waals surface area contributed by atoms with E-state index in [0.717, 1.165) is 69.6 Å². The molecule has 0 saturated carbocycles. The molecule has 1 aliphatic rings. The van der Waals surface area contributed by atoms with Crippen LogP contribution >= 0.6 is 0 Å². The van der Waals surface area contributed by atoms with Gasteiger partial charge in [-0.05, 0) is 97.9 Å². The topological polar surface area (TPSA) is 79.0 Å². The molecule has 0 atom stereocenters. The van der Waals surface area contributed by atoms with Crippen molar-refractivity contribution in [1.82, 2.24) is 19.5 Å². The summed E-state index contributed by atoms with van der Waals surface area (Å²) in [7, 11) is 0. The van der Waals surface area contributed by atoms with Gasteiger partial charge in [0.05, 0.1) is 16.9 Å². The predicted octanol–water partition coefficient (Wildman–Crippen LogP) is 14.9. The van der Waals surface area contributed by atoms with Crippen molar-refractivity contribution in [3.05, 3.63) is 178 Å². The van der Waals surface area contributed by atoms with E-state index in [1.165, 1.54) is 46.2 Å². The molecule has 4 aromatic carbocycles. The largest absolute Gasteiger partial charge is 0.855 e. The zero-order chi connectivity index (χ0) is 45.8. The second-order valence-corrected chi connectivity index (χ2v) is 19.6. The smallest absolute Gasteiger partial charge is 0.216 e. The molecule has 337 valence electrons. The van der Waals surface area contributed by atoms with Gasteiger partial charge in [0.15, 0.2) is 0 Å². The molecule has 0 bridgehead atoms. The molecule has 0 spiro atoms. The Bertz CT molecular complexity index is 2930. The van der Waals surface area contributed by atoms with Crippen LogP contribution in [-0.4, -0.2) is 25.2 Å². The number of allylic oxidation sites excluding steroid dienone is 4. The molecule has 0 unspecified atom stereocenters. The summed E-state index contributed by atoms with van der Waals surface area (Å²) in [5.41, 5.74) is 16.6. The number of pyridine rings is 2. The molecule has 0 amide bonds. The molecule has 0 fully saturated rings. The average molecular weight is 1040 g/mol. The molecular formula is C58H61IrN5O-4. The Balaban J connectivity index is 0.000000167. The number of nitrogens with zero attached hydrogens (tertiary/aromatic N) is 5. The van der Waals surface area contributed by atoms with Crippen molar-refractivity contribution in [2.45, 2.75) is 108 Å². The number of fused-ring (bicyclic) bond motifs is 3. The molecule has 8 aromatic rings. The van der Waals surface area contributed by atoms with Crippen LogP contribution in [0.1, 0.15) is 100 Å². The fourth-order valence-corrected chi connectivity index (χ4v) is 8.26. The first kappa shape index (κ1) is 48.7. The van der Waals surface area contributed by atoms with E-state index in [1.54, 1.807) is 0 Å². The van der Waals surface area contributed by atoms with Crippen LogP contribution in [0.15, 0.2) is 119 Å². The summed E-state index contributed by atoms with van der Waals surface area (Å²) in [4.78, 5) is 13.8. The summed E-state index contributed by atoms with van der Waals surface area (Å²) < 4.78 is 8.38. The van der Waals surface area contributed by atoms with Crippen LogP contribution in [0.25, 0.3) is 61.2 Å². The van der Waals surface area contributed by atoms with Gasteiger partial charge in [-0.15, -0.1) is 101 Å². The maximum Gasteiger partial charge on any atom is 0.216 e. The van der Waals surface area contributed by atoms with Crippen molar-refractivity contribution in [3.63, 3.8) is 0 Å². The molecular weight excluding hydrogens is 975 g/mol. The summed E-state index contributed by atoms with van der Waals surface area (Å²) in [6, 6.07) is 38.5. The van der Waals surface area contributed by atoms with E-state index in [0.29, 0.717) is 22.3 Å². The van der Waals surface area contributed by atoms with Crippen LogP contribution in [0.2, 0.25) is 0 Å². The first-order valence-corrected chi connectivity index (χ1v) is 22.5. The minimum atomic E-state index is 0. The normalized spacial score (nSPS) is 12.8. The molecule has 9 rings (SSSR count). The molecule has 0 saturated heterocycles. The Morgan fingerprint density at radius 3 is 2.12 bits per heavy atom. The van der Waals surface area contributed by atoms with Crippen molar-refractivity contribution in [2.75, 3.05) is 0 Å². The van der Waals surface area contributed by atoms with Gasteiger partial charge in [0, 0.05) is 49.5 Å². The van der Waals surface area contributed by atoms with Crippen molar-refractivity contribution >= 4 is 38.8 Å². The summed E-state index contributed by atoms with van der Waals surface area (Å²) in [5.74, 6) is 1.07. The third-order valence-electron chi connectivity index (χ3n) is 11.1. The molecule has 6 nitrogen and oxygen atoms in total. The number of benzene rings is 4. The van der Waals surface area contributed by atoms with E-state index in [4.69, 9.17) is 9.40 Å². The number of aromatic nitrogens is 4. The second-order valence-electron chi connectivity index (χ2n) is 19.6. The van der Waals surface area contributed by atoms with Gasteiger partial charge in [-0.1, -0.05) is 96.7 Å². The number of hydrogen-bond acceptors (Lipinski definition) is 4. The van der Waals surface area contributed by atoms with Gasteiger partial charge in [0.2, 0.25) is 5.71 Å². The minimum absolute atomic E-state index is 0. The van der Waals surface area contributed by atoms with Gasteiger partial charge in [-0.3, -0.25) is 4.98 Å². The predicted molar refractivity (Wildman–Crippen MR) is 268 cm³/mol. The van der Waals surface area contributed by atoms with Gasteiger partial charge < -0.3 is 19.4 Å². The summed E-state index contributed by atoms with van der Waals surface area (Å²) in [5, 5.41) is 12.7. The molecule has 1 aliphatic heterocycles. The third-order valence-corrected chi connectivity index (χ3v) is 11.1.